The van der Waals surface area contributed by atoms with Crippen molar-refractivity contribution in [3.8, 4) is 27.9 Å². The third-order valence-electron chi connectivity index (χ3n) is 4.03. The molecule has 2 aromatic carbocycles. The second-order valence-corrected chi connectivity index (χ2v) is 6.66. The highest BCUT2D eigenvalue weighted by Gasteiger charge is 2.19. The Morgan fingerprint density at radius 2 is 1.92 bits per heavy atom. The molecular weight excluding hydrogens is 347 g/mol. The molecule has 0 radical (unpaired) electrons. The Labute approximate surface area is 153 Å². The molecule has 0 saturated carbocycles. The lowest BCUT2D eigenvalue weighted by molar-refractivity contribution is 0.624. The number of halogens is 1. The minimum atomic E-state index is -0.536. The lowest BCUT2D eigenvalue weighted by atomic mass is 10.1. The van der Waals surface area contributed by atoms with Crippen LogP contribution in [0, 0.1) is 17.1 Å². The quantitative estimate of drug-likeness (QED) is 0.528. The predicted molar refractivity (Wildman–Crippen MR) is 99.0 cm³/mol. The van der Waals surface area contributed by atoms with E-state index in [1.807, 2.05) is 58.6 Å². The summed E-state index contributed by atoms with van der Waals surface area (Å²) >= 11 is 1.59. The fourth-order valence-electron chi connectivity index (χ4n) is 2.79. The van der Waals surface area contributed by atoms with E-state index in [1.54, 1.807) is 17.4 Å². The Kier molecular flexibility index (Phi) is 4.30. The van der Waals surface area contributed by atoms with E-state index in [9.17, 15) is 4.39 Å². The molecule has 26 heavy (non-hydrogen) atoms. The van der Waals surface area contributed by atoms with Crippen LogP contribution in [0.15, 0.2) is 66.0 Å². The van der Waals surface area contributed by atoms with Crippen LogP contribution in [0.5, 0.6) is 0 Å². The summed E-state index contributed by atoms with van der Waals surface area (Å²) in [6.07, 6.45) is 0. The Morgan fingerprint density at radius 1 is 1.08 bits per heavy atom. The van der Waals surface area contributed by atoms with Crippen molar-refractivity contribution in [3.63, 3.8) is 0 Å². The standard InChI is InChI=1S/C20H13FN4S/c21-17-9-8-15(11-16(17)12-22)19-20(18-7-4-10-26-18)25(24-23-19)13-14-5-2-1-3-6-14/h1-11H,13H2. The number of benzene rings is 2. The molecule has 4 rings (SSSR count). The van der Waals surface area contributed by atoms with Gasteiger partial charge in [-0.3, -0.25) is 0 Å². The molecule has 4 nitrogen and oxygen atoms in total. The first-order valence-electron chi connectivity index (χ1n) is 7.97. The van der Waals surface area contributed by atoms with E-state index < -0.39 is 5.82 Å². The van der Waals surface area contributed by atoms with Crippen molar-refractivity contribution >= 4 is 11.3 Å². The molecule has 2 heterocycles. The van der Waals surface area contributed by atoms with Crippen LogP contribution in [0.2, 0.25) is 0 Å². The molecule has 0 amide bonds. The van der Waals surface area contributed by atoms with E-state index >= 15 is 0 Å². The molecular formula is C20H13FN4S. The zero-order valence-corrected chi connectivity index (χ0v) is 14.4. The van der Waals surface area contributed by atoms with Crippen LogP contribution in [-0.2, 0) is 6.54 Å². The monoisotopic (exact) mass is 360 g/mol. The minimum absolute atomic E-state index is 0.00256. The molecule has 0 spiro atoms. The topological polar surface area (TPSA) is 54.5 Å². The first kappa shape index (κ1) is 16.2. The highest BCUT2D eigenvalue weighted by molar-refractivity contribution is 7.13. The van der Waals surface area contributed by atoms with E-state index in [0.29, 0.717) is 17.8 Å². The van der Waals surface area contributed by atoms with Gasteiger partial charge in [-0.25, -0.2) is 9.07 Å². The van der Waals surface area contributed by atoms with E-state index in [-0.39, 0.29) is 5.56 Å². The number of aromatic nitrogens is 3. The largest absolute Gasteiger partial charge is 0.239 e. The Morgan fingerprint density at radius 3 is 2.65 bits per heavy atom. The van der Waals surface area contributed by atoms with Crippen molar-refractivity contribution in [3.05, 3.63) is 83.0 Å². The average Bonchev–Trinajstić information content (AvgIpc) is 3.32. The number of thiophene rings is 1. The van der Waals surface area contributed by atoms with Crippen molar-refractivity contribution in [1.82, 2.24) is 15.0 Å². The molecule has 126 valence electrons. The van der Waals surface area contributed by atoms with Crippen molar-refractivity contribution in [2.75, 3.05) is 0 Å². The van der Waals surface area contributed by atoms with Crippen molar-refractivity contribution in [1.29, 1.82) is 5.26 Å². The normalized spacial score (nSPS) is 10.6. The highest BCUT2D eigenvalue weighted by atomic mass is 32.1. The number of hydrogen-bond donors (Lipinski definition) is 0. The number of hydrogen-bond acceptors (Lipinski definition) is 4. The van der Waals surface area contributed by atoms with Gasteiger partial charge < -0.3 is 0 Å². The van der Waals surface area contributed by atoms with Crippen LogP contribution in [0.3, 0.4) is 0 Å². The van der Waals surface area contributed by atoms with Crippen LogP contribution in [0.4, 0.5) is 4.39 Å². The lowest BCUT2D eigenvalue weighted by Gasteiger charge is -2.07. The SMILES string of the molecule is N#Cc1cc(-c2nnn(Cc3ccccc3)c2-c2cccs2)ccc1F. The number of nitrogens with zero attached hydrogens (tertiary/aromatic N) is 4. The fraction of sp³-hybridized carbons (Fsp3) is 0.0500. The third kappa shape index (κ3) is 3.01. The van der Waals surface area contributed by atoms with Gasteiger partial charge in [-0.15, -0.1) is 16.4 Å². The highest BCUT2D eigenvalue weighted by Crippen LogP contribution is 2.34. The van der Waals surface area contributed by atoms with Gasteiger partial charge in [0.1, 0.15) is 23.3 Å². The molecule has 0 saturated heterocycles. The van der Waals surface area contributed by atoms with Crippen LogP contribution >= 0.6 is 11.3 Å². The van der Waals surface area contributed by atoms with Gasteiger partial charge in [0.05, 0.1) is 17.0 Å². The summed E-state index contributed by atoms with van der Waals surface area (Å²) in [5.41, 5.74) is 3.28. The zero-order valence-electron chi connectivity index (χ0n) is 13.6. The second kappa shape index (κ2) is 6.90. The third-order valence-corrected chi connectivity index (χ3v) is 4.90. The first-order valence-corrected chi connectivity index (χ1v) is 8.85. The summed E-state index contributed by atoms with van der Waals surface area (Å²) in [7, 11) is 0. The van der Waals surface area contributed by atoms with Crippen LogP contribution in [-0.4, -0.2) is 15.0 Å². The molecule has 0 atom stereocenters. The summed E-state index contributed by atoms with van der Waals surface area (Å²) < 4.78 is 15.5. The van der Waals surface area contributed by atoms with Crippen molar-refractivity contribution < 1.29 is 4.39 Å². The molecule has 4 aromatic rings. The van der Waals surface area contributed by atoms with Crippen LogP contribution < -0.4 is 0 Å². The second-order valence-electron chi connectivity index (χ2n) is 5.71. The predicted octanol–water partition coefficient (Wildman–Crippen LogP) is 4.73. The maximum Gasteiger partial charge on any atom is 0.140 e. The van der Waals surface area contributed by atoms with E-state index in [0.717, 1.165) is 16.1 Å². The van der Waals surface area contributed by atoms with Gasteiger partial charge in [0.2, 0.25) is 0 Å². The average molecular weight is 360 g/mol. The van der Waals surface area contributed by atoms with Crippen molar-refractivity contribution in [2.45, 2.75) is 6.54 Å². The van der Waals surface area contributed by atoms with Gasteiger partial charge >= 0.3 is 0 Å². The van der Waals surface area contributed by atoms with E-state index in [2.05, 4.69) is 10.3 Å². The summed E-state index contributed by atoms with van der Waals surface area (Å²) in [4.78, 5) is 1.02. The molecule has 0 aliphatic rings. The van der Waals surface area contributed by atoms with E-state index in [1.165, 1.54) is 12.1 Å². The first-order chi connectivity index (χ1) is 12.8. The zero-order chi connectivity index (χ0) is 17.9. The lowest BCUT2D eigenvalue weighted by Crippen LogP contribution is -2.03. The summed E-state index contributed by atoms with van der Waals surface area (Å²) in [5.74, 6) is -0.536. The van der Waals surface area contributed by atoms with Crippen LogP contribution in [0.1, 0.15) is 11.1 Å². The Hall–Kier alpha value is -3.30. The molecule has 0 fully saturated rings. The molecule has 0 bridgehead atoms. The minimum Gasteiger partial charge on any atom is -0.239 e. The van der Waals surface area contributed by atoms with Gasteiger partial charge in [0.15, 0.2) is 0 Å². The maximum atomic E-state index is 13.7. The fourth-order valence-corrected chi connectivity index (χ4v) is 3.56. The molecule has 0 unspecified atom stereocenters. The van der Waals surface area contributed by atoms with Gasteiger partial charge in [-0.05, 0) is 35.2 Å². The Bertz CT molecular complexity index is 1080. The van der Waals surface area contributed by atoms with Crippen LogP contribution in [0.25, 0.3) is 21.8 Å². The molecule has 0 aliphatic heterocycles. The molecule has 2 aromatic heterocycles. The van der Waals surface area contributed by atoms with E-state index in [4.69, 9.17) is 5.26 Å². The number of nitriles is 1. The Balaban J connectivity index is 1.85. The maximum absolute atomic E-state index is 13.7. The molecule has 0 N–H and O–H groups in total. The number of rotatable bonds is 4. The van der Waals surface area contributed by atoms with Gasteiger partial charge in [-0.2, -0.15) is 5.26 Å². The van der Waals surface area contributed by atoms with Gasteiger partial charge in [-0.1, -0.05) is 41.6 Å². The molecule has 6 heteroatoms. The molecule has 0 aliphatic carbocycles. The summed E-state index contributed by atoms with van der Waals surface area (Å²) in [6.45, 7) is 0.577. The van der Waals surface area contributed by atoms with Crippen molar-refractivity contribution in [2.24, 2.45) is 0 Å². The van der Waals surface area contributed by atoms with Gasteiger partial charge in [0, 0.05) is 5.56 Å². The summed E-state index contributed by atoms with van der Waals surface area (Å²) in [5, 5.41) is 19.8. The van der Waals surface area contributed by atoms with Gasteiger partial charge in [0.25, 0.3) is 0 Å². The summed E-state index contributed by atoms with van der Waals surface area (Å²) in [6, 6.07) is 20.3. The smallest absolute Gasteiger partial charge is 0.140 e.